The normalized spacial score (nSPS) is 22.8. The van der Waals surface area contributed by atoms with Crippen LogP contribution in [0.25, 0.3) is 0 Å². The molecule has 1 heterocycles. The first-order chi connectivity index (χ1) is 7.88. The summed E-state index contributed by atoms with van der Waals surface area (Å²) in [5.74, 6) is -0.689. The molecule has 2 unspecified atom stereocenters. The van der Waals surface area contributed by atoms with Gasteiger partial charge in [0.1, 0.15) is 0 Å². The second-order valence-corrected chi connectivity index (χ2v) is 4.68. The molecule has 7 heteroatoms. The van der Waals surface area contributed by atoms with Crippen LogP contribution in [0, 0.1) is 0 Å². The third-order valence-electron chi connectivity index (χ3n) is 2.93. The van der Waals surface area contributed by atoms with Crippen LogP contribution in [0.5, 0.6) is 0 Å². The summed E-state index contributed by atoms with van der Waals surface area (Å²) < 4.78 is 5.18. The standard InChI is InChI=1S/C11H21N3O3.ClH/c1-3-4-11(2,13)10(16)14-5-6-17-8(7-14)9(12)15;/h8H,3-7,13H2,1-2H3,(H2,12,15);1H. The van der Waals surface area contributed by atoms with E-state index in [2.05, 4.69) is 0 Å². The summed E-state index contributed by atoms with van der Waals surface area (Å²) >= 11 is 0. The number of ether oxygens (including phenoxy) is 1. The molecule has 1 saturated heterocycles. The van der Waals surface area contributed by atoms with Crippen LogP contribution in [0.2, 0.25) is 0 Å². The lowest BCUT2D eigenvalue weighted by Gasteiger charge is -2.36. The molecule has 0 spiro atoms. The zero-order valence-corrected chi connectivity index (χ0v) is 11.7. The molecule has 2 atom stereocenters. The van der Waals surface area contributed by atoms with Crippen molar-refractivity contribution in [3.63, 3.8) is 0 Å². The van der Waals surface area contributed by atoms with Gasteiger partial charge in [-0.15, -0.1) is 12.4 Å². The average molecular weight is 280 g/mol. The largest absolute Gasteiger partial charge is 0.367 e. The highest BCUT2D eigenvalue weighted by Gasteiger charge is 2.35. The Morgan fingerprint density at radius 2 is 2.11 bits per heavy atom. The van der Waals surface area contributed by atoms with Crippen molar-refractivity contribution >= 4 is 24.2 Å². The topological polar surface area (TPSA) is 98.7 Å². The number of carbonyl (C=O) groups excluding carboxylic acids is 2. The van der Waals surface area contributed by atoms with E-state index < -0.39 is 17.6 Å². The summed E-state index contributed by atoms with van der Waals surface area (Å²) in [6.45, 7) is 4.67. The summed E-state index contributed by atoms with van der Waals surface area (Å²) in [6, 6.07) is 0. The lowest BCUT2D eigenvalue weighted by atomic mass is 9.95. The number of nitrogens with two attached hydrogens (primary N) is 2. The van der Waals surface area contributed by atoms with E-state index in [1.54, 1.807) is 11.8 Å². The quantitative estimate of drug-likeness (QED) is 0.734. The second kappa shape index (κ2) is 6.92. The molecule has 0 bridgehead atoms. The fraction of sp³-hybridized carbons (Fsp3) is 0.818. The van der Waals surface area contributed by atoms with E-state index in [-0.39, 0.29) is 24.9 Å². The van der Waals surface area contributed by atoms with Crippen LogP contribution >= 0.6 is 12.4 Å². The summed E-state index contributed by atoms with van der Waals surface area (Å²) in [7, 11) is 0. The number of amides is 2. The molecule has 2 amide bonds. The van der Waals surface area contributed by atoms with E-state index in [9.17, 15) is 9.59 Å². The van der Waals surface area contributed by atoms with Crippen molar-refractivity contribution in [2.45, 2.75) is 38.3 Å². The van der Waals surface area contributed by atoms with E-state index in [0.717, 1.165) is 6.42 Å². The Morgan fingerprint density at radius 1 is 1.50 bits per heavy atom. The smallest absolute Gasteiger partial charge is 0.248 e. The molecule has 1 aliphatic rings. The highest BCUT2D eigenvalue weighted by atomic mass is 35.5. The number of hydrogen-bond acceptors (Lipinski definition) is 4. The van der Waals surface area contributed by atoms with E-state index in [0.29, 0.717) is 19.6 Å². The van der Waals surface area contributed by atoms with Crippen LogP contribution in [0.3, 0.4) is 0 Å². The molecule has 106 valence electrons. The number of hydrogen-bond donors (Lipinski definition) is 2. The second-order valence-electron chi connectivity index (χ2n) is 4.68. The maximum atomic E-state index is 12.2. The number of carbonyl (C=O) groups is 2. The molecule has 0 radical (unpaired) electrons. The van der Waals surface area contributed by atoms with Gasteiger partial charge in [0, 0.05) is 6.54 Å². The van der Waals surface area contributed by atoms with Crippen molar-refractivity contribution in [1.82, 2.24) is 4.90 Å². The van der Waals surface area contributed by atoms with Gasteiger partial charge in [0.2, 0.25) is 11.8 Å². The van der Waals surface area contributed by atoms with E-state index in [4.69, 9.17) is 16.2 Å². The fourth-order valence-corrected chi connectivity index (χ4v) is 1.99. The molecule has 6 nitrogen and oxygen atoms in total. The van der Waals surface area contributed by atoms with E-state index in [1.807, 2.05) is 6.92 Å². The Bertz CT molecular complexity index is 310. The monoisotopic (exact) mass is 279 g/mol. The Morgan fingerprint density at radius 3 is 2.61 bits per heavy atom. The lowest BCUT2D eigenvalue weighted by molar-refractivity contribution is -0.149. The van der Waals surface area contributed by atoms with Crippen LogP contribution < -0.4 is 11.5 Å². The number of halogens is 1. The molecular weight excluding hydrogens is 258 g/mol. The maximum Gasteiger partial charge on any atom is 0.248 e. The van der Waals surface area contributed by atoms with Gasteiger partial charge >= 0.3 is 0 Å². The van der Waals surface area contributed by atoms with Crippen LogP contribution in [-0.4, -0.2) is 48.1 Å². The third-order valence-corrected chi connectivity index (χ3v) is 2.93. The van der Waals surface area contributed by atoms with Gasteiger partial charge in [-0.1, -0.05) is 13.3 Å². The van der Waals surface area contributed by atoms with Gasteiger partial charge in [0.25, 0.3) is 0 Å². The first kappa shape index (κ1) is 17.2. The van der Waals surface area contributed by atoms with Gasteiger partial charge in [-0.2, -0.15) is 0 Å². The van der Waals surface area contributed by atoms with Crippen molar-refractivity contribution < 1.29 is 14.3 Å². The van der Waals surface area contributed by atoms with Crippen molar-refractivity contribution in [3.05, 3.63) is 0 Å². The van der Waals surface area contributed by atoms with Crippen molar-refractivity contribution in [3.8, 4) is 0 Å². The summed E-state index contributed by atoms with van der Waals surface area (Å²) in [6.07, 6.45) is 0.734. The zero-order chi connectivity index (χ0) is 13.1. The molecule has 0 aromatic heterocycles. The molecule has 1 rings (SSSR count). The molecule has 1 aliphatic heterocycles. The molecule has 18 heavy (non-hydrogen) atoms. The number of primary amides is 1. The zero-order valence-electron chi connectivity index (χ0n) is 10.8. The molecular formula is C11H22ClN3O3. The Hall–Kier alpha value is -0.850. The minimum absolute atomic E-state index is 0. The summed E-state index contributed by atoms with van der Waals surface area (Å²) in [4.78, 5) is 24.8. The van der Waals surface area contributed by atoms with Crippen LogP contribution in [0.1, 0.15) is 26.7 Å². The van der Waals surface area contributed by atoms with Crippen LogP contribution in [0.4, 0.5) is 0 Å². The van der Waals surface area contributed by atoms with Gasteiger partial charge in [-0.25, -0.2) is 0 Å². The van der Waals surface area contributed by atoms with Gasteiger partial charge in [0.05, 0.1) is 18.7 Å². The summed E-state index contributed by atoms with van der Waals surface area (Å²) in [5, 5.41) is 0. The highest BCUT2D eigenvalue weighted by Crippen LogP contribution is 2.15. The van der Waals surface area contributed by atoms with Gasteiger partial charge in [-0.3, -0.25) is 9.59 Å². The number of nitrogens with zero attached hydrogens (tertiary/aromatic N) is 1. The van der Waals surface area contributed by atoms with Gasteiger partial charge in [-0.05, 0) is 13.3 Å². The predicted octanol–water partition coefficient (Wildman–Crippen LogP) is -0.362. The maximum absolute atomic E-state index is 12.2. The van der Waals surface area contributed by atoms with E-state index in [1.165, 1.54) is 0 Å². The van der Waals surface area contributed by atoms with Crippen molar-refractivity contribution in [2.75, 3.05) is 19.7 Å². The van der Waals surface area contributed by atoms with Gasteiger partial charge in [0.15, 0.2) is 6.10 Å². The van der Waals surface area contributed by atoms with Gasteiger partial charge < -0.3 is 21.1 Å². The fourth-order valence-electron chi connectivity index (χ4n) is 1.99. The first-order valence-electron chi connectivity index (χ1n) is 5.87. The Balaban J connectivity index is 0.00000289. The summed E-state index contributed by atoms with van der Waals surface area (Å²) in [5.41, 5.74) is 10.3. The molecule has 1 fully saturated rings. The molecule has 0 saturated carbocycles. The van der Waals surface area contributed by atoms with Crippen LogP contribution in [-0.2, 0) is 14.3 Å². The molecule has 0 aromatic carbocycles. The number of morpholine rings is 1. The minimum atomic E-state index is -0.881. The molecule has 0 aliphatic carbocycles. The van der Waals surface area contributed by atoms with Crippen molar-refractivity contribution in [1.29, 1.82) is 0 Å². The minimum Gasteiger partial charge on any atom is -0.367 e. The number of rotatable bonds is 4. The molecule has 4 N–H and O–H groups in total. The highest BCUT2D eigenvalue weighted by molar-refractivity contribution is 5.87. The van der Waals surface area contributed by atoms with Crippen LogP contribution in [0.15, 0.2) is 0 Å². The first-order valence-corrected chi connectivity index (χ1v) is 5.87. The molecule has 0 aromatic rings. The average Bonchev–Trinajstić information content (AvgIpc) is 2.28. The predicted molar refractivity (Wildman–Crippen MR) is 70.3 cm³/mol. The van der Waals surface area contributed by atoms with E-state index >= 15 is 0 Å². The Kier molecular flexibility index (Phi) is 6.59. The lowest BCUT2D eigenvalue weighted by Crippen LogP contribution is -2.58. The Labute approximate surface area is 113 Å². The third kappa shape index (κ3) is 4.12. The van der Waals surface area contributed by atoms with Crippen molar-refractivity contribution in [2.24, 2.45) is 11.5 Å². The SMILES string of the molecule is CCCC(C)(N)C(=O)N1CCOC(C(N)=O)C1.Cl.